The normalized spacial score (nSPS) is 23.5. The van der Waals surface area contributed by atoms with Crippen molar-refractivity contribution in [1.82, 2.24) is 15.5 Å². The first-order chi connectivity index (χ1) is 21.1. The molecular formula is C35H49N5O4. The van der Waals surface area contributed by atoms with Gasteiger partial charge in [-0.3, -0.25) is 19.9 Å². The van der Waals surface area contributed by atoms with Crippen molar-refractivity contribution in [2.24, 2.45) is 5.73 Å². The maximum absolute atomic E-state index is 13.7. The Bertz CT molecular complexity index is 1350. The number of benzene rings is 2. The molecule has 5 rings (SSSR count). The summed E-state index contributed by atoms with van der Waals surface area (Å²) in [7, 11) is 0. The average molecular weight is 604 g/mol. The summed E-state index contributed by atoms with van der Waals surface area (Å²) in [5, 5.41) is 15.6. The highest BCUT2D eigenvalue weighted by atomic mass is 16.5. The van der Waals surface area contributed by atoms with Crippen LogP contribution in [0.15, 0.2) is 42.5 Å². The van der Waals surface area contributed by atoms with E-state index in [0.717, 1.165) is 61.8 Å². The van der Waals surface area contributed by atoms with E-state index in [1.165, 1.54) is 0 Å². The summed E-state index contributed by atoms with van der Waals surface area (Å²) in [6, 6.07) is 12.7. The molecule has 3 heterocycles. The molecule has 5 N–H and O–H groups in total. The predicted octanol–water partition coefficient (Wildman–Crippen LogP) is 6.14. The third-order valence-electron chi connectivity index (χ3n) is 9.62. The number of rotatable bonds is 11. The highest BCUT2D eigenvalue weighted by molar-refractivity contribution is 6.00. The molecule has 3 aliphatic heterocycles. The monoisotopic (exact) mass is 603 g/mol. The zero-order valence-corrected chi connectivity index (χ0v) is 26.7. The van der Waals surface area contributed by atoms with Crippen molar-refractivity contribution >= 4 is 17.8 Å². The van der Waals surface area contributed by atoms with Crippen molar-refractivity contribution in [3.05, 3.63) is 59.2 Å². The lowest BCUT2D eigenvalue weighted by atomic mass is 9.85. The minimum Gasteiger partial charge on any atom is -0.490 e. The van der Waals surface area contributed by atoms with Gasteiger partial charge in [0.1, 0.15) is 23.2 Å². The Labute approximate surface area is 261 Å². The first-order valence-electron chi connectivity index (χ1n) is 16.4. The lowest BCUT2D eigenvalue weighted by Gasteiger charge is -2.46. The van der Waals surface area contributed by atoms with Gasteiger partial charge in [-0.05, 0) is 76.8 Å². The van der Waals surface area contributed by atoms with E-state index >= 15 is 0 Å². The molecule has 0 spiro atoms. The Balaban J connectivity index is 1.41. The summed E-state index contributed by atoms with van der Waals surface area (Å²) in [4.78, 5) is 29.1. The van der Waals surface area contributed by atoms with Crippen LogP contribution in [0.1, 0.15) is 125 Å². The van der Waals surface area contributed by atoms with Gasteiger partial charge >= 0.3 is 0 Å². The Kier molecular flexibility index (Phi) is 9.53. The van der Waals surface area contributed by atoms with Crippen molar-refractivity contribution in [3.63, 3.8) is 0 Å². The van der Waals surface area contributed by atoms with E-state index in [1.807, 2.05) is 50.2 Å². The van der Waals surface area contributed by atoms with Gasteiger partial charge < -0.3 is 25.8 Å². The standard InChI is InChI=1S/C35H49N5O4/c1-5-35(6-2)22-31(41)40(33(37)39-35)28-20-24(13-9-7-8-12-18-36)43-29-17-16-23(19-26(28)29)32(42)38-27-21-34(3,4)44-30-15-11-10-14-25(27)30/h10-11,14-17,19,24,27-28H,5-9,12-13,18,20-22,36H2,1-4H3,(H2,37,39)(H,38,42)/t24-,27+,28?/m1/s1. The second-order valence-corrected chi connectivity index (χ2v) is 13.3. The summed E-state index contributed by atoms with van der Waals surface area (Å²) in [5.74, 6) is 1.33. The highest BCUT2D eigenvalue weighted by Crippen LogP contribution is 2.43. The second kappa shape index (κ2) is 13.2. The molecule has 1 unspecified atom stereocenters. The molecular weight excluding hydrogens is 554 g/mol. The number of carbonyl (C=O) groups excluding carboxylic acids is 2. The van der Waals surface area contributed by atoms with E-state index in [4.69, 9.17) is 20.6 Å². The quantitative estimate of drug-likeness (QED) is 0.229. The molecule has 9 heteroatoms. The van der Waals surface area contributed by atoms with Crippen LogP contribution in [0.2, 0.25) is 0 Å². The van der Waals surface area contributed by atoms with Gasteiger partial charge in [-0.1, -0.05) is 44.9 Å². The molecule has 0 saturated carbocycles. The van der Waals surface area contributed by atoms with Gasteiger partial charge in [0.2, 0.25) is 5.91 Å². The highest BCUT2D eigenvalue weighted by Gasteiger charge is 2.45. The summed E-state index contributed by atoms with van der Waals surface area (Å²) < 4.78 is 12.6. The predicted molar refractivity (Wildman–Crippen MR) is 172 cm³/mol. The van der Waals surface area contributed by atoms with Crippen molar-refractivity contribution in [2.45, 2.75) is 121 Å². The molecule has 2 aromatic carbocycles. The molecule has 2 amide bonds. The van der Waals surface area contributed by atoms with E-state index < -0.39 is 17.2 Å². The minimum absolute atomic E-state index is 0.0621. The molecule has 3 aliphatic rings. The van der Waals surface area contributed by atoms with Crippen LogP contribution in [0.3, 0.4) is 0 Å². The van der Waals surface area contributed by atoms with E-state index in [1.54, 1.807) is 11.0 Å². The third kappa shape index (κ3) is 6.72. The summed E-state index contributed by atoms with van der Waals surface area (Å²) in [6.45, 7) is 8.87. The number of guanidine groups is 1. The molecule has 1 fully saturated rings. The molecule has 0 bridgehead atoms. The largest absolute Gasteiger partial charge is 0.490 e. The van der Waals surface area contributed by atoms with Crippen LogP contribution in [-0.4, -0.2) is 46.5 Å². The van der Waals surface area contributed by atoms with Crippen molar-refractivity contribution in [1.29, 1.82) is 5.41 Å². The van der Waals surface area contributed by atoms with Gasteiger partial charge in [0.25, 0.3) is 5.91 Å². The Morgan fingerprint density at radius 1 is 1.07 bits per heavy atom. The number of nitrogens with one attached hydrogen (secondary N) is 3. The smallest absolute Gasteiger partial charge is 0.251 e. The van der Waals surface area contributed by atoms with Gasteiger partial charge in [0, 0.05) is 35.1 Å². The lowest BCUT2D eigenvalue weighted by Crippen LogP contribution is -2.63. The van der Waals surface area contributed by atoms with Crippen molar-refractivity contribution in [2.75, 3.05) is 6.54 Å². The van der Waals surface area contributed by atoms with Gasteiger partial charge in [-0.2, -0.15) is 0 Å². The molecule has 238 valence electrons. The molecule has 2 aromatic rings. The maximum Gasteiger partial charge on any atom is 0.251 e. The first kappa shape index (κ1) is 31.8. The topological polar surface area (TPSA) is 130 Å². The molecule has 0 aliphatic carbocycles. The van der Waals surface area contributed by atoms with Crippen LogP contribution >= 0.6 is 0 Å². The van der Waals surface area contributed by atoms with Crippen LogP contribution < -0.4 is 25.8 Å². The van der Waals surface area contributed by atoms with Crippen LogP contribution in [0.4, 0.5) is 0 Å². The van der Waals surface area contributed by atoms with Gasteiger partial charge in [-0.15, -0.1) is 0 Å². The average Bonchev–Trinajstić information content (AvgIpc) is 2.99. The fourth-order valence-electron chi connectivity index (χ4n) is 6.99. The number of nitrogens with zero attached hydrogens (tertiary/aromatic N) is 1. The Morgan fingerprint density at radius 2 is 1.82 bits per heavy atom. The SMILES string of the molecule is CCC1(CC)CC(=O)N(C2C[C@@H](CCCCCCN)Oc3ccc(C(=O)N[C@H]4CC(C)(C)Oc5ccccc54)cc32)C(=N)N1. The van der Waals surface area contributed by atoms with Crippen LogP contribution in [0.5, 0.6) is 11.5 Å². The number of hydrogen-bond acceptors (Lipinski definition) is 6. The second-order valence-electron chi connectivity index (χ2n) is 13.3. The number of amides is 2. The van der Waals surface area contributed by atoms with E-state index in [0.29, 0.717) is 37.1 Å². The number of carbonyl (C=O) groups is 2. The molecule has 44 heavy (non-hydrogen) atoms. The Hall–Kier alpha value is -3.59. The van der Waals surface area contributed by atoms with Crippen molar-refractivity contribution < 1.29 is 19.1 Å². The fraction of sp³-hybridized carbons (Fsp3) is 0.571. The lowest BCUT2D eigenvalue weighted by molar-refractivity contribution is -0.133. The van der Waals surface area contributed by atoms with Crippen LogP contribution in [0.25, 0.3) is 0 Å². The third-order valence-corrected chi connectivity index (χ3v) is 9.62. The zero-order chi connectivity index (χ0) is 31.5. The molecule has 1 saturated heterocycles. The van der Waals surface area contributed by atoms with Gasteiger partial charge in [0.05, 0.1) is 18.5 Å². The Morgan fingerprint density at radius 3 is 2.55 bits per heavy atom. The summed E-state index contributed by atoms with van der Waals surface area (Å²) in [5.41, 5.74) is 7.07. The number of hydrogen-bond donors (Lipinski definition) is 4. The summed E-state index contributed by atoms with van der Waals surface area (Å²) in [6.07, 6.45) is 8.02. The van der Waals surface area contributed by atoms with E-state index in [2.05, 4.69) is 24.5 Å². The fourth-order valence-corrected chi connectivity index (χ4v) is 6.99. The minimum atomic E-state index is -0.422. The van der Waals surface area contributed by atoms with Crippen LogP contribution in [-0.2, 0) is 4.79 Å². The van der Waals surface area contributed by atoms with Gasteiger partial charge in [-0.25, -0.2) is 0 Å². The van der Waals surface area contributed by atoms with Gasteiger partial charge in [0.15, 0.2) is 5.96 Å². The zero-order valence-electron chi connectivity index (χ0n) is 26.7. The molecule has 0 radical (unpaired) electrons. The van der Waals surface area contributed by atoms with Crippen LogP contribution in [0, 0.1) is 5.41 Å². The first-order valence-corrected chi connectivity index (χ1v) is 16.4. The molecule has 0 aromatic heterocycles. The number of nitrogens with two attached hydrogens (primary N) is 1. The maximum atomic E-state index is 13.7. The van der Waals surface area contributed by atoms with E-state index in [-0.39, 0.29) is 29.9 Å². The molecule has 9 nitrogen and oxygen atoms in total. The number of ether oxygens (including phenoxy) is 2. The summed E-state index contributed by atoms with van der Waals surface area (Å²) >= 11 is 0. The number of para-hydroxylation sites is 1. The number of unbranched alkanes of at least 4 members (excludes halogenated alkanes) is 3. The van der Waals surface area contributed by atoms with E-state index in [9.17, 15) is 9.59 Å². The number of fused-ring (bicyclic) bond motifs is 2. The molecule has 3 atom stereocenters. The van der Waals surface area contributed by atoms with Crippen molar-refractivity contribution in [3.8, 4) is 11.5 Å².